The summed E-state index contributed by atoms with van der Waals surface area (Å²) in [4.78, 5) is 4.91. The van der Waals surface area contributed by atoms with Gasteiger partial charge in [0, 0.05) is 17.3 Å². The summed E-state index contributed by atoms with van der Waals surface area (Å²) in [5.41, 5.74) is -1.65. The Hall–Kier alpha value is -0.830. The molecule has 0 bridgehead atoms. The molecule has 1 spiro atoms. The maximum absolute atomic E-state index is 12.6. The summed E-state index contributed by atoms with van der Waals surface area (Å²) in [7, 11) is 0. The number of hydrogen-bond acceptors (Lipinski definition) is 7. The first-order valence-electron chi connectivity index (χ1n) is 14.4. The smallest absolute Gasteiger partial charge is 0.160 e. The van der Waals surface area contributed by atoms with Gasteiger partial charge in [0.2, 0.25) is 0 Å². The first-order chi connectivity index (χ1) is 16.8. The van der Waals surface area contributed by atoms with E-state index in [4.69, 9.17) is 9.73 Å². The Labute approximate surface area is 222 Å². The lowest BCUT2D eigenvalue weighted by molar-refractivity contribution is -0.272. The minimum Gasteiger partial charge on any atom is -0.390 e. The summed E-state index contributed by atoms with van der Waals surface area (Å²) in [6.07, 6.45) is 6.68. The number of nitrogens with zero attached hydrogens (tertiary/aromatic N) is 1. The van der Waals surface area contributed by atoms with Crippen LogP contribution in [0.1, 0.15) is 106 Å². The zero-order valence-corrected chi connectivity index (χ0v) is 23.8. The third kappa shape index (κ3) is 4.02. The lowest BCUT2D eigenvalue weighted by atomic mass is 9.45. The van der Waals surface area contributed by atoms with Crippen molar-refractivity contribution in [3.05, 3.63) is 11.6 Å². The Morgan fingerprint density at radius 2 is 1.59 bits per heavy atom. The number of ether oxygens (including phenoxy) is 1. The number of rotatable bonds is 7. The van der Waals surface area contributed by atoms with Crippen molar-refractivity contribution in [1.82, 2.24) is 0 Å². The third-order valence-electron chi connectivity index (χ3n) is 11.3. The Kier molecular flexibility index (Phi) is 6.08. The molecular weight excluding hydrogens is 470 g/mol. The molecule has 5 aliphatic rings. The SMILES string of the molecule is CC(C)(O)CCCC(C)(OC(C)(C)O)C1CCC2(O)C3=CC4=NC45CC(O)C(O)CC5(C)C3CCC12C. The van der Waals surface area contributed by atoms with E-state index in [0.717, 1.165) is 37.0 Å². The average molecular weight is 520 g/mol. The molecule has 0 aromatic heterocycles. The lowest BCUT2D eigenvalue weighted by Gasteiger charge is -2.61. The van der Waals surface area contributed by atoms with Crippen molar-refractivity contribution in [2.45, 2.75) is 147 Å². The van der Waals surface area contributed by atoms with E-state index < -0.39 is 45.8 Å². The van der Waals surface area contributed by atoms with Gasteiger partial charge in [0.15, 0.2) is 5.79 Å². The maximum atomic E-state index is 12.6. The van der Waals surface area contributed by atoms with E-state index in [0.29, 0.717) is 32.1 Å². The molecule has 9 atom stereocenters. The molecule has 0 radical (unpaired) electrons. The van der Waals surface area contributed by atoms with E-state index in [-0.39, 0.29) is 17.3 Å². The lowest BCUT2D eigenvalue weighted by Crippen LogP contribution is -2.64. The largest absolute Gasteiger partial charge is 0.390 e. The number of aliphatic hydroxyl groups excluding tert-OH is 2. The van der Waals surface area contributed by atoms with Crippen LogP contribution in [0, 0.1) is 22.7 Å². The number of hydrogen-bond donors (Lipinski definition) is 5. The van der Waals surface area contributed by atoms with Crippen LogP contribution in [0.3, 0.4) is 0 Å². The molecule has 7 heteroatoms. The summed E-state index contributed by atoms with van der Waals surface area (Å²) in [6.45, 7) is 13.4. The maximum Gasteiger partial charge on any atom is 0.160 e. The molecule has 5 rings (SSSR count). The van der Waals surface area contributed by atoms with Crippen LogP contribution in [0.5, 0.6) is 0 Å². The van der Waals surface area contributed by atoms with E-state index in [9.17, 15) is 25.5 Å². The zero-order valence-electron chi connectivity index (χ0n) is 23.8. The molecule has 1 aliphatic heterocycles. The topological polar surface area (TPSA) is 123 Å². The Morgan fingerprint density at radius 3 is 2.22 bits per heavy atom. The Morgan fingerprint density at radius 1 is 0.946 bits per heavy atom. The van der Waals surface area contributed by atoms with Gasteiger partial charge in [-0.25, -0.2) is 0 Å². The van der Waals surface area contributed by atoms with Crippen LogP contribution in [-0.4, -0.2) is 71.6 Å². The minimum absolute atomic E-state index is 0.0134. The van der Waals surface area contributed by atoms with Crippen LogP contribution in [0.2, 0.25) is 0 Å². The van der Waals surface area contributed by atoms with Crippen molar-refractivity contribution in [1.29, 1.82) is 0 Å². The quantitative estimate of drug-likeness (QED) is 0.327. The van der Waals surface area contributed by atoms with Crippen LogP contribution < -0.4 is 0 Å². The van der Waals surface area contributed by atoms with Crippen LogP contribution in [0.4, 0.5) is 0 Å². The predicted molar refractivity (Wildman–Crippen MR) is 142 cm³/mol. The zero-order chi connectivity index (χ0) is 27.4. The molecule has 1 heterocycles. The van der Waals surface area contributed by atoms with Gasteiger partial charge in [0.25, 0.3) is 0 Å². The summed E-state index contributed by atoms with van der Waals surface area (Å²) < 4.78 is 6.44. The predicted octanol–water partition coefficient (Wildman–Crippen LogP) is 3.64. The second-order valence-electron chi connectivity index (χ2n) is 14.9. The molecule has 4 aliphatic carbocycles. The summed E-state index contributed by atoms with van der Waals surface area (Å²) >= 11 is 0. The number of aliphatic hydroxyl groups is 5. The Bertz CT molecular complexity index is 1010. The molecule has 0 saturated heterocycles. The fourth-order valence-electron chi connectivity index (χ4n) is 9.48. The highest BCUT2D eigenvalue weighted by Crippen LogP contribution is 2.72. The van der Waals surface area contributed by atoms with Gasteiger partial charge in [-0.15, -0.1) is 0 Å². The number of aliphatic imine (C=N–C) groups is 1. The van der Waals surface area contributed by atoms with Gasteiger partial charge in [0.1, 0.15) is 5.54 Å². The van der Waals surface area contributed by atoms with Crippen LogP contribution in [-0.2, 0) is 4.74 Å². The standard InChI is InChI=1S/C30H49NO6/c1-24(2,34)11-8-12-28(7,37-25(3,4)35)22-10-14-30(36)19-15-23-29(31-23)17-21(33)20(32)16-27(29,6)18(19)9-13-26(22,30)5/h15,18,20-22,32-36H,8-14,16-17H2,1-7H3. The van der Waals surface area contributed by atoms with Gasteiger partial charge in [-0.2, -0.15) is 0 Å². The van der Waals surface area contributed by atoms with Gasteiger partial charge < -0.3 is 30.3 Å². The molecule has 0 aromatic carbocycles. The highest BCUT2D eigenvalue weighted by atomic mass is 16.6. The molecule has 9 unspecified atom stereocenters. The molecule has 210 valence electrons. The van der Waals surface area contributed by atoms with Gasteiger partial charge in [0.05, 0.1) is 34.7 Å². The molecule has 0 amide bonds. The monoisotopic (exact) mass is 519 g/mol. The minimum atomic E-state index is -1.32. The van der Waals surface area contributed by atoms with E-state index in [1.165, 1.54) is 0 Å². The summed E-state index contributed by atoms with van der Waals surface area (Å²) in [5.74, 6) is -1.21. The van der Waals surface area contributed by atoms with E-state index in [1.54, 1.807) is 13.8 Å². The van der Waals surface area contributed by atoms with Crippen LogP contribution >= 0.6 is 0 Å². The fraction of sp³-hybridized carbons (Fsp3) is 0.900. The highest BCUT2D eigenvalue weighted by molar-refractivity contribution is 6.15. The first kappa shape index (κ1) is 27.7. The average Bonchev–Trinajstić information content (AvgIpc) is 3.34. The van der Waals surface area contributed by atoms with E-state index >= 15 is 0 Å². The van der Waals surface area contributed by atoms with Crippen LogP contribution in [0.15, 0.2) is 16.6 Å². The second kappa shape index (κ2) is 8.11. The highest BCUT2D eigenvalue weighted by Gasteiger charge is 2.74. The molecule has 37 heavy (non-hydrogen) atoms. The molecule has 7 nitrogen and oxygen atoms in total. The van der Waals surface area contributed by atoms with Crippen molar-refractivity contribution in [2.24, 2.45) is 27.7 Å². The van der Waals surface area contributed by atoms with Crippen molar-refractivity contribution in [3.63, 3.8) is 0 Å². The van der Waals surface area contributed by atoms with Gasteiger partial charge in [-0.1, -0.05) is 13.8 Å². The van der Waals surface area contributed by atoms with Crippen molar-refractivity contribution in [2.75, 3.05) is 0 Å². The Balaban J connectivity index is 1.49. The van der Waals surface area contributed by atoms with Crippen LogP contribution in [0.25, 0.3) is 0 Å². The molecule has 0 aromatic rings. The fourth-order valence-corrected chi connectivity index (χ4v) is 9.48. The first-order valence-corrected chi connectivity index (χ1v) is 14.4. The molecular formula is C30H49NO6. The summed E-state index contributed by atoms with van der Waals surface area (Å²) in [6, 6.07) is 0. The van der Waals surface area contributed by atoms with Gasteiger partial charge in [-0.3, -0.25) is 4.99 Å². The van der Waals surface area contributed by atoms with Crippen molar-refractivity contribution in [3.8, 4) is 0 Å². The van der Waals surface area contributed by atoms with Crippen molar-refractivity contribution >= 4 is 5.71 Å². The number of fused-ring (bicyclic) bond motifs is 4. The molecule has 5 N–H and O–H groups in total. The molecule has 3 fully saturated rings. The van der Waals surface area contributed by atoms with Gasteiger partial charge in [-0.05, 0) is 109 Å². The molecule has 3 saturated carbocycles. The second-order valence-corrected chi connectivity index (χ2v) is 14.9. The van der Waals surface area contributed by atoms with Crippen molar-refractivity contribution < 1.29 is 30.3 Å². The van der Waals surface area contributed by atoms with Gasteiger partial charge >= 0.3 is 0 Å². The van der Waals surface area contributed by atoms with E-state index in [2.05, 4.69) is 26.8 Å². The third-order valence-corrected chi connectivity index (χ3v) is 11.3. The summed E-state index contributed by atoms with van der Waals surface area (Å²) in [5, 5.41) is 54.8. The van der Waals surface area contributed by atoms with E-state index in [1.807, 2.05) is 13.8 Å². The normalized spacial score (nSPS) is 46.6.